The number of aryl methyl sites for hydroxylation is 1. The van der Waals surface area contributed by atoms with Crippen LogP contribution < -0.4 is 5.73 Å². The second kappa shape index (κ2) is 4.45. The zero-order chi connectivity index (χ0) is 14.4. The van der Waals surface area contributed by atoms with Crippen molar-refractivity contribution in [1.82, 2.24) is 9.55 Å². The van der Waals surface area contributed by atoms with Crippen LogP contribution in [0.3, 0.4) is 0 Å². The molecule has 0 aliphatic carbocycles. The molecule has 3 aromatic rings. The summed E-state index contributed by atoms with van der Waals surface area (Å²) in [5.41, 5.74) is 7.76. The van der Waals surface area contributed by atoms with Crippen LogP contribution in [0.2, 0.25) is 5.02 Å². The van der Waals surface area contributed by atoms with Crippen molar-refractivity contribution >= 4 is 28.6 Å². The molecule has 2 aromatic carbocycles. The maximum absolute atomic E-state index is 13.5. The van der Waals surface area contributed by atoms with Gasteiger partial charge in [0.25, 0.3) is 0 Å². The van der Waals surface area contributed by atoms with Crippen LogP contribution in [0.25, 0.3) is 16.7 Å². The number of nitrogens with zero attached hydrogens (tertiary/aromatic N) is 2. The van der Waals surface area contributed by atoms with Gasteiger partial charge in [0.15, 0.2) is 0 Å². The summed E-state index contributed by atoms with van der Waals surface area (Å²) in [6.07, 6.45) is 0. The quantitative estimate of drug-likeness (QED) is 0.740. The smallest absolute Gasteiger partial charge is 0.205 e. The van der Waals surface area contributed by atoms with Crippen molar-refractivity contribution in [3.05, 3.63) is 52.6 Å². The molecule has 20 heavy (non-hydrogen) atoms. The molecule has 2 N–H and O–H groups in total. The van der Waals surface area contributed by atoms with E-state index in [9.17, 15) is 8.78 Å². The Morgan fingerprint density at radius 3 is 2.60 bits per heavy atom. The molecule has 0 unspecified atom stereocenters. The van der Waals surface area contributed by atoms with Gasteiger partial charge >= 0.3 is 0 Å². The lowest BCUT2D eigenvalue weighted by atomic mass is 10.2. The van der Waals surface area contributed by atoms with Gasteiger partial charge in [-0.05, 0) is 36.8 Å². The fourth-order valence-corrected chi connectivity index (χ4v) is 2.38. The van der Waals surface area contributed by atoms with Gasteiger partial charge in [-0.1, -0.05) is 11.6 Å². The maximum Gasteiger partial charge on any atom is 0.205 e. The first-order valence-corrected chi connectivity index (χ1v) is 6.24. The molecule has 3 rings (SSSR count). The summed E-state index contributed by atoms with van der Waals surface area (Å²) in [5.74, 6) is -0.696. The second-order valence-electron chi connectivity index (χ2n) is 4.52. The standard InChI is InChI=1S/C14H10ClF2N3/c1-7-2-13-12(6-11(7)17)19-14(18)20(13)10-4-8(15)3-9(16)5-10/h2-6H,1H3,(H2,18,19). The summed E-state index contributed by atoms with van der Waals surface area (Å²) in [6, 6.07) is 6.99. The normalized spacial score (nSPS) is 11.2. The average molecular weight is 294 g/mol. The summed E-state index contributed by atoms with van der Waals surface area (Å²) in [4.78, 5) is 4.09. The van der Waals surface area contributed by atoms with E-state index < -0.39 is 5.82 Å². The molecule has 1 aromatic heterocycles. The highest BCUT2D eigenvalue weighted by molar-refractivity contribution is 6.30. The van der Waals surface area contributed by atoms with Crippen molar-refractivity contribution in [3.63, 3.8) is 0 Å². The number of nitrogens with two attached hydrogens (primary N) is 1. The minimum absolute atomic E-state index is 0.145. The molecule has 0 fully saturated rings. The van der Waals surface area contributed by atoms with Crippen molar-refractivity contribution < 1.29 is 8.78 Å². The third kappa shape index (κ3) is 2.00. The summed E-state index contributed by atoms with van der Waals surface area (Å²) in [6.45, 7) is 1.64. The summed E-state index contributed by atoms with van der Waals surface area (Å²) in [7, 11) is 0. The molecule has 0 atom stereocenters. The van der Waals surface area contributed by atoms with E-state index in [0.717, 1.165) is 0 Å². The molecule has 0 amide bonds. The number of imidazole rings is 1. The zero-order valence-electron chi connectivity index (χ0n) is 10.5. The summed E-state index contributed by atoms with van der Waals surface area (Å²) in [5, 5.41) is 0.250. The van der Waals surface area contributed by atoms with E-state index in [1.165, 1.54) is 22.8 Å². The van der Waals surface area contributed by atoms with E-state index in [4.69, 9.17) is 17.3 Å². The summed E-state index contributed by atoms with van der Waals surface area (Å²) < 4.78 is 28.6. The van der Waals surface area contributed by atoms with Crippen molar-refractivity contribution in [3.8, 4) is 5.69 Å². The number of anilines is 1. The van der Waals surface area contributed by atoms with Crippen molar-refractivity contribution in [1.29, 1.82) is 0 Å². The Labute approximate surface area is 118 Å². The lowest BCUT2D eigenvalue weighted by Crippen LogP contribution is -2.01. The van der Waals surface area contributed by atoms with E-state index in [0.29, 0.717) is 22.3 Å². The van der Waals surface area contributed by atoms with Gasteiger partial charge in [-0.3, -0.25) is 4.57 Å². The lowest BCUT2D eigenvalue weighted by Gasteiger charge is -2.08. The molecular formula is C14H10ClF2N3. The van der Waals surface area contributed by atoms with E-state index in [-0.39, 0.29) is 16.8 Å². The van der Waals surface area contributed by atoms with Gasteiger partial charge in [0.1, 0.15) is 11.6 Å². The Balaban J connectivity index is 2.35. The monoisotopic (exact) mass is 293 g/mol. The number of fused-ring (bicyclic) bond motifs is 1. The van der Waals surface area contributed by atoms with Crippen molar-refractivity contribution in [2.24, 2.45) is 0 Å². The summed E-state index contributed by atoms with van der Waals surface area (Å²) >= 11 is 5.85. The molecule has 3 nitrogen and oxygen atoms in total. The molecule has 0 radical (unpaired) electrons. The molecule has 0 saturated carbocycles. The molecular weight excluding hydrogens is 284 g/mol. The maximum atomic E-state index is 13.5. The van der Waals surface area contributed by atoms with Crippen LogP contribution in [-0.4, -0.2) is 9.55 Å². The predicted molar refractivity (Wildman–Crippen MR) is 75.1 cm³/mol. The van der Waals surface area contributed by atoms with Crippen LogP contribution in [0.1, 0.15) is 5.56 Å². The lowest BCUT2D eigenvalue weighted by molar-refractivity contribution is 0.620. The van der Waals surface area contributed by atoms with Gasteiger partial charge in [0, 0.05) is 11.1 Å². The van der Waals surface area contributed by atoms with Crippen LogP contribution in [0, 0.1) is 18.6 Å². The van der Waals surface area contributed by atoms with E-state index in [1.807, 2.05) is 0 Å². The topological polar surface area (TPSA) is 43.8 Å². The molecule has 0 spiro atoms. The van der Waals surface area contributed by atoms with Crippen LogP contribution in [0.15, 0.2) is 30.3 Å². The van der Waals surface area contributed by atoms with Gasteiger partial charge in [-0.15, -0.1) is 0 Å². The third-order valence-electron chi connectivity index (χ3n) is 3.07. The minimum atomic E-state index is -0.479. The Morgan fingerprint density at radius 1 is 1.15 bits per heavy atom. The van der Waals surface area contributed by atoms with Crippen molar-refractivity contribution in [2.75, 3.05) is 5.73 Å². The number of benzene rings is 2. The number of hydrogen-bond donors (Lipinski definition) is 1. The molecule has 0 saturated heterocycles. The molecule has 0 aliphatic rings. The third-order valence-corrected chi connectivity index (χ3v) is 3.28. The Kier molecular flexibility index (Phi) is 2.87. The second-order valence-corrected chi connectivity index (χ2v) is 4.96. The predicted octanol–water partition coefficient (Wildman–Crippen LogP) is 3.85. The Hall–Kier alpha value is -2.14. The average Bonchev–Trinajstić information content (AvgIpc) is 2.64. The van der Waals surface area contributed by atoms with Gasteiger partial charge in [-0.25, -0.2) is 13.8 Å². The SMILES string of the molecule is Cc1cc2c(cc1F)nc(N)n2-c1cc(F)cc(Cl)c1. The zero-order valence-corrected chi connectivity index (χ0v) is 11.2. The minimum Gasteiger partial charge on any atom is -0.369 e. The molecule has 102 valence electrons. The van der Waals surface area contributed by atoms with Gasteiger partial charge < -0.3 is 5.73 Å². The van der Waals surface area contributed by atoms with Crippen LogP contribution in [0.4, 0.5) is 14.7 Å². The number of halogens is 3. The molecule has 6 heteroatoms. The molecule has 0 bridgehead atoms. The van der Waals surface area contributed by atoms with Crippen LogP contribution >= 0.6 is 11.6 Å². The fourth-order valence-electron chi connectivity index (χ4n) is 2.16. The highest BCUT2D eigenvalue weighted by Crippen LogP contribution is 2.27. The molecule has 0 aliphatic heterocycles. The number of rotatable bonds is 1. The highest BCUT2D eigenvalue weighted by atomic mass is 35.5. The van der Waals surface area contributed by atoms with Gasteiger partial charge in [0.05, 0.1) is 16.7 Å². The van der Waals surface area contributed by atoms with Crippen LogP contribution in [0.5, 0.6) is 0 Å². The first kappa shape index (κ1) is 12.9. The van der Waals surface area contributed by atoms with Gasteiger partial charge in [0.2, 0.25) is 5.95 Å². The van der Waals surface area contributed by atoms with E-state index in [1.54, 1.807) is 19.1 Å². The Morgan fingerprint density at radius 2 is 1.90 bits per heavy atom. The largest absolute Gasteiger partial charge is 0.369 e. The first-order chi connectivity index (χ1) is 9.45. The van der Waals surface area contributed by atoms with E-state index >= 15 is 0 Å². The van der Waals surface area contributed by atoms with Gasteiger partial charge in [-0.2, -0.15) is 0 Å². The van der Waals surface area contributed by atoms with E-state index in [2.05, 4.69) is 4.98 Å². The molecule has 1 heterocycles. The number of hydrogen-bond acceptors (Lipinski definition) is 2. The van der Waals surface area contributed by atoms with Crippen LogP contribution in [-0.2, 0) is 0 Å². The Bertz CT molecular complexity index is 807. The fraction of sp³-hybridized carbons (Fsp3) is 0.0714. The highest BCUT2D eigenvalue weighted by Gasteiger charge is 2.13. The van der Waals surface area contributed by atoms with Crippen molar-refractivity contribution in [2.45, 2.75) is 6.92 Å². The number of aromatic nitrogens is 2. The first-order valence-electron chi connectivity index (χ1n) is 5.86. The number of nitrogen functional groups attached to an aromatic ring is 1.